The lowest BCUT2D eigenvalue weighted by atomic mass is 10.2. The van der Waals surface area contributed by atoms with Crippen LogP contribution in [0.2, 0.25) is 0 Å². The lowest BCUT2D eigenvalue weighted by Gasteiger charge is -2.16. The summed E-state index contributed by atoms with van der Waals surface area (Å²) in [5.74, 6) is 2.68. The second-order valence-electron chi connectivity index (χ2n) is 6.79. The van der Waals surface area contributed by atoms with Crippen LogP contribution in [-0.2, 0) is 6.54 Å². The maximum atomic E-state index is 10.3. The fourth-order valence-corrected chi connectivity index (χ4v) is 3.16. The number of rotatable bonds is 8. The van der Waals surface area contributed by atoms with Gasteiger partial charge in [-0.15, -0.1) is 0 Å². The van der Waals surface area contributed by atoms with Gasteiger partial charge in [-0.1, -0.05) is 24.3 Å². The molecule has 30 heavy (non-hydrogen) atoms. The summed E-state index contributed by atoms with van der Waals surface area (Å²) in [6, 6.07) is 13.1. The molecular weight excluding hydrogens is 382 g/mol. The molecule has 1 aromatic heterocycles. The first kappa shape index (κ1) is 21.4. The molecule has 1 atom stereocenters. The van der Waals surface area contributed by atoms with Gasteiger partial charge in [0.05, 0.1) is 26.3 Å². The van der Waals surface area contributed by atoms with Gasteiger partial charge < -0.3 is 29.6 Å². The second-order valence-corrected chi connectivity index (χ2v) is 6.79. The topological polar surface area (TPSA) is 88.3 Å². The molecule has 0 saturated carbocycles. The molecule has 160 valence electrons. The minimum absolute atomic E-state index is 0.105. The molecule has 0 amide bonds. The minimum atomic E-state index is -0.122. The zero-order chi connectivity index (χ0) is 21.5. The van der Waals surface area contributed by atoms with E-state index in [4.69, 9.17) is 13.9 Å². The number of guanidine groups is 1. The van der Waals surface area contributed by atoms with Crippen LogP contribution < -0.4 is 20.1 Å². The van der Waals surface area contributed by atoms with Crippen LogP contribution in [-0.4, -0.2) is 31.3 Å². The molecular formula is C23H29N3O4. The average Bonchev–Trinajstić information content (AvgIpc) is 3.19. The number of phenols is 1. The highest BCUT2D eigenvalue weighted by atomic mass is 16.5. The standard InChI is InChI=1S/C23H29N3O4/c1-5-24-23(25-14-17-10-8-11-18(28-4)21(17)27)26-15(3)20-13-16-9-7-12-19(29-6-2)22(16)30-20/h7-13,15,27H,5-6,14H2,1-4H3,(H2,24,25,26). The molecule has 1 heterocycles. The molecule has 0 spiro atoms. The zero-order valence-electron chi connectivity index (χ0n) is 17.9. The Morgan fingerprint density at radius 2 is 1.93 bits per heavy atom. The molecule has 0 radical (unpaired) electrons. The number of hydrogen-bond donors (Lipinski definition) is 3. The van der Waals surface area contributed by atoms with Crippen molar-refractivity contribution >= 4 is 16.9 Å². The van der Waals surface area contributed by atoms with Crippen LogP contribution in [0.4, 0.5) is 0 Å². The normalized spacial score (nSPS) is 12.6. The van der Waals surface area contributed by atoms with Crippen molar-refractivity contribution < 1.29 is 19.0 Å². The number of phenolic OH excluding ortho intramolecular Hbond substituents is 1. The molecule has 3 aromatic rings. The van der Waals surface area contributed by atoms with Crippen LogP contribution in [0.3, 0.4) is 0 Å². The maximum absolute atomic E-state index is 10.3. The van der Waals surface area contributed by atoms with Gasteiger partial charge in [0.2, 0.25) is 0 Å². The molecule has 0 fully saturated rings. The Balaban J connectivity index is 1.78. The van der Waals surface area contributed by atoms with E-state index in [1.54, 1.807) is 6.07 Å². The third-order valence-corrected chi connectivity index (χ3v) is 4.66. The van der Waals surface area contributed by atoms with Crippen LogP contribution >= 0.6 is 0 Å². The van der Waals surface area contributed by atoms with E-state index in [1.807, 2.05) is 57.2 Å². The van der Waals surface area contributed by atoms with Crippen molar-refractivity contribution in [2.24, 2.45) is 4.99 Å². The molecule has 3 N–H and O–H groups in total. The second kappa shape index (κ2) is 9.91. The van der Waals surface area contributed by atoms with Crippen LogP contribution in [0.1, 0.15) is 38.1 Å². The number of nitrogens with one attached hydrogen (secondary N) is 2. The van der Waals surface area contributed by atoms with Crippen LogP contribution in [0.5, 0.6) is 17.2 Å². The summed E-state index contributed by atoms with van der Waals surface area (Å²) in [7, 11) is 1.53. The summed E-state index contributed by atoms with van der Waals surface area (Å²) in [6.07, 6.45) is 0. The Morgan fingerprint density at radius 3 is 2.67 bits per heavy atom. The Morgan fingerprint density at radius 1 is 1.17 bits per heavy atom. The predicted molar refractivity (Wildman–Crippen MR) is 118 cm³/mol. The van der Waals surface area contributed by atoms with E-state index < -0.39 is 0 Å². The lowest BCUT2D eigenvalue weighted by Crippen LogP contribution is -2.38. The van der Waals surface area contributed by atoms with Gasteiger partial charge in [0, 0.05) is 17.5 Å². The SMILES string of the molecule is CCNC(=NCc1cccc(OC)c1O)NC(C)c1cc2cccc(OCC)c2o1. The van der Waals surface area contributed by atoms with E-state index in [1.165, 1.54) is 7.11 Å². The Hall–Kier alpha value is -3.35. The minimum Gasteiger partial charge on any atom is -0.504 e. The van der Waals surface area contributed by atoms with E-state index in [-0.39, 0.29) is 11.8 Å². The third-order valence-electron chi connectivity index (χ3n) is 4.66. The van der Waals surface area contributed by atoms with Gasteiger partial charge in [-0.3, -0.25) is 0 Å². The smallest absolute Gasteiger partial charge is 0.192 e. The number of aliphatic imine (C=N–C) groups is 1. The molecule has 0 aliphatic rings. The highest BCUT2D eigenvalue weighted by Crippen LogP contribution is 2.31. The van der Waals surface area contributed by atoms with Gasteiger partial charge >= 0.3 is 0 Å². The lowest BCUT2D eigenvalue weighted by molar-refractivity contribution is 0.336. The summed E-state index contributed by atoms with van der Waals surface area (Å²) in [5.41, 5.74) is 1.43. The quantitative estimate of drug-likeness (QED) is 0.377. The number of nitrogens with zero attached hydrogens (tertiary/aromatic N) is 1. The first-order chi connectivity index (χ1) is 14.6. The number of fused-ring (bicyclic) bond motifs is 1. The number of hydrogen-bond acceptors (Lipinski definition) is 5. The monoisotopic (exact) mass is 411 g/mol. The highest BCUT2D eigenvalue weighted by molar-refractivity contribution is 5.84. The first-order valence-corrected chi connectivity index (χ1v) is 10.1. The van der Waals surface area contributed by atoms with Crippen molar-refractivity contribution in [1.29, 1.82) is 0 Å². The van der Waals surface area contributed by atoms with Crippen molar-refractivity contribution in [2.45, 2.75) is 33.4 Å². The van der Waals surface area contributed by atoms with E-state index in [0.717, 1.165) is 22.5 Å². The molecule has 1 unspecified atom stereocenters. The molecule has 7 nitrogen and oxygen atoms in total. The summed E-state index contributed by atoms with van der Waals surface area (Å²) in [5, 5.41) is 17.9. The summed E-state index contributed by atoms with van der Waals surface area (Å²) >= 11 is 0. The Kier molecular flexibility index (Phi) is 7.06. The van der Waals surface area contributed by atoms with Gasteiger partial charge in [-0.05, 0) is 39.0 Å². The molecule has 0 bridgehead atoms. The van der Waals surface area contributed by atoms with E-state index >= 15 is 0 Å². The highest BCUT2D eigenvalue weighted by Gasteiger charge is 2.16. The van der Waals surface area contributed by atoms with Gasteiger partial charge in [-0.25, -0.2) is 4.99 Å². The fourth-order valence-electron chi connectivity index (χ4n) is 3.16. The third kappa shape index (κ3) is 4.79. The summed E-state index contributed by atoms with van der Waals surface area (Å²) < 4.78 is 16.9. The Bertz CT molecular complexity index is 1010. The van der Waals surface area contributed by atoms with E-state index in [0.29, 0.717) is 37.0 Å². The van der Waals surface area contributed by atoms with Crippen LogP contribution in [0.15, 0.2) is 51.9 Å². The van der Waals surface area contributed by atoms with Crippen molar-refractivity contribution in [3.8, 4) is 17.2 Å². The van der Waals surface area contributed by atoms with Gasteiger partial charge in [0.15, 0.2) is 28.8 Å². The van der Waals surface area contributed by atoms with Crippen molar-refractivity contribution in [2.75, 3.05) is 20.3 Å². The van der Waals surface area contributed by atoms with E-state index in [2.05, 4.69) is 15.6 Å². The predicted octanol–water partition coefficient (Wildman–Crippen LogP) is 4.36. The number of para-hydroxylation sites is 2. The van der Waals surface area contributed by atoms with Gasteiger partial charge in [-0.2, -0.15) is 0 Å². The number of aromatic hydroxyl groups is 1. The molecule has 3 rings (SSSR count). The molecule has 0 saturated heterocycles. The van der Waals surface area contributed by atoms with Crippen LogP contribution in [0, 0.1) is 0 Å². The van der Waals surface area contributed by atoms with Crippen molar-refractivity contribution in [3.05, 3.63) is 53.8 Å². The number of furan rings is 1. The number of ether oxygens (including phenoxy) is 2. The molecule has 2 aromatic carbocycles. The number of methoxy groups -OCH3 is 1. The number of benzene rings is 2. The molecule has 0 aliphatic heterocycles. The largest absolute Gasteiger partial charge is 0.504 e. The average molecular weight is 412 g/mol. The summed E-state index contributed by atoms with van der Waals surface area (Å²) in [4.78, 5) is 4.60. The van der Waals surface area contributed by atoms with Crippen LogP contribution in [0.25, 0.3) is 11.0 Å². The fraction of sp³-hybridized carbons (Fsp3) is 0.348. The van der Waals surface area contributed by atoms with E-state index in [9.17, 15) is 5.11 Å². The van der Waals surface area contributed by atoms with Gasteiger partial charge in [0.25, 0.3) is 0 Å². The first-order valence-electron chi connectivity index (χ1n) is 10.1. The van der Waals surface area contributed by atoms with Crippen molar-refractivity contribution in [3.63, 3.8) is 0 Å². The van der Waals surface area contributed by atoms with Crippen molar-refractivity contribution in [1.82, 2.24) is 10.6 Å². The van der Waals surface area contributed by atoms with Gasteiger partial charge in [0.1, 0.15) is 5.76 Å². The Labute approximate surface area is 176 Å². The summed E-state index contributed by atoms with van der Waals surface area (Å²) in [6.45, 7) is 7.55. The molecule has 7 heteroatoms. The maximum Gasteiger partial charge on any atom is 0.192 e. The molecule has 0 aliphatic carbocycles. The zero-order valence-corrected chi connectivity index (χ0v) is 17.9.